The molecule has 0 spiro atoms. The number of rotatable bonds is 6. The minimum absolute atomic E-state index is 0.0867. The third kappa shape index (κ3) is 4.96. The summed E-state index contributed by atoms with van der Waals surface area (Å²) in [6.07, 6.45) is 5.87. The molecular weight excluding hydrogens is 288 g/mol. The molecule has 6 heteroatoms. The zero-order chi connectivity index (χ0) is 17.1. The van der Waals surface area contributed by atoms with E-state index >= 15 is 0 Å². The molecule has 130 valence electrons. The van der Waals surface area contributed by atoms with Crippen LogP contribution in [0, 0.1) is 0 Å². The summed E-state index contributed by atoms with van der Waals surface area (Å²) in [5.41, 5.74) is 7.03. The summed E-state index contributed by atoms with van der Waals surface area (Å²) in [6.45, 7) is 12.0. The summed E-state index contributed by atoms with van der Waals surface area (Å²) in [7, 11) is 0. The van der Waals surface area contributed by atoms with Crippen molar-refractivity contribution in [2.45, 2.75) is 77.4 Å². The van der Waals surface area contributed by atoms with Crippen LogP contribution in [-0.4, -0.2) is 33.6 Å². The number of nitrogens with zero attached hydrogens (tertiary/aromatic N) is 2. The van der Waals surface area contributed by atoms with Crippen molar-refractivity contribution < 1.29 is 0 Å². The van der Waals surface area contributed by atoms with Gasteiger partial charge in [-0.1, -0.05) is 13.3 Å². The highest BCUT2D eigenvalue weighted by Crippen LogP contribution is 2.32. The maximum Gasteiger partial charge on any atom is 0.155 e. The second-order valence-electron chi connectivity index (χ2n) is 7.91. The van der Waals surface area contributed by atoms with Crippen molar-refractivity contribution in [1.82, 2.24) is 15.3 Å². The van der Waals surface area contributed by atoms with Gasteiger partial charge in [0.25, 0.3) is 0 Å². The Morgan fingerprint density at radius 1 is 1.17 bits per heavy atom. The van der Waals surface area contributed by atoms with E-state index in [1.54, 1.807) is 6.33 Å². The van der Waals surface area contributed by atoms with Gasteiger partial charge in [-0.3, -0.25) is 0 Å². The van der Waals surface area contributed by atoms with Crippen molar-refractivity contribution in [3.05, 3.63) is 6.33 Å². The molecule has 1 aliphatic rings. The molecule has 0 amide bonds. The molecule has 0 atom stereocenters. The number of nitrogens with two attached hydrogens (primary N) is 1. The highest BCUT2D eigenvalue weighted by atomic mass is 15.1. The van der Waals surface area contributed by atoms with Crippen LogP contribution in [0.5, 0.6) is 0 Å². The first-order valence-corrected chi connectivity index (χ1v) is 8.63. The molecule has 23 heavy (non-hydrogen) atoms. The molecule has 6 nitrogen and oxygen atoms in total. The van der Waals surface area contributed by atoms with Gasteiger partial charge in [-0.05, 0) is 47.0 Å². The Labute approximate surface area is 140 Å². The summed E-state index contributed by atoms with van der Waals surface area (Å²) in [5.74, 6) is 1.46. The van der Waals surface area contributed by atoms with E-state index in [1.165, 1.54) is 0 Å². The van der Waals surface area contributed by atoms with Gasteiger partial charge in [-0.15, -0.1) is 0 Å². The lowest BCUT2D eigenvalue weighted by Gasteiger charge is -2.46. The maximum atomic E-state index is 6.25. The lowest BCUT2D eigenvalue weighted by atomic mass is 9.79. The van der Waals surface area contributed by atoms with Crippen molar-refractivity contribution in [1.29, 1.82) is 0 Å². The van der Waals surface area contributed by atoms with Crippen molar-refractivity contribution >= 4 is 17.3 Å². The number of piperidine rings is 1. The third-order valence-electron chi connectivity index (χ3n) is 4.24. The third-order valence-corrected chi connectivity index (χ3v) is 4.24. The summed E-state index contributed by atoms with van der Waals surface area (Å²) in [5, 5.41) is 10.5. The molecule has 1 aliphatic heterocycles. The van der Waals surface area contributed by atoms with Gasteiger partial charge in [-0.2, -0.15) is 0 Å². The van der Waals surface area contributed by atoms with Crippen LogP contribution in [0.3, 0.4) is 0 Å². The fourth-order valence-corrected chi connectivity index (χ4v) is 3.65. The van der Waals surface area contributed by atoms with Crippen molar-refractivity contribution in [3.63, 3.8) is 0 Å². The Morgan fingerprint density at radius 2 is 1.78 bits per heavy atom. The average Bonchev–Trinajstić information content (AvgIpc) is 2.39. The first-order valence-electron chi connectivity index (χ1n) is 8.63. The normalized spacial score (nSPS) is 20.2. The van der Waals surface area contributed by atoms with Crippen LogP contribution in [0.4, 0.5) is 17.3 Å². The van der Waals surface area contributed by atoms with Crippen LogP contribution in [0.25, 0.3) is 0 Å². The number of nitrogen functional groups attached to an aromatic ring is 1. The van der Waals surface area contributed by atoms with Crippen LogP contribution in [-0.2, 0) is 0 Å². The minimum Gasteiger partial charge on any atom is -0.393 e. The van der Waals surface area contributed by atoms with Gasteiger partial charge >= 0.3 is 0 Å². The average molecular weight is 320 g/mol. The van der Waals surface area contributed by atoms with E-state index in [0.29, 0.717) is 11.7 Å². The second-order valence-corrected chi connectivity index (χ2v) is 7.91. The Morgan fingerprint density at radius 3 is 2.39 bits per heavy atom. The Balaban J connectivity index is 2.09. The maximum absolute atomic E-state index is 6.25. The largest absolute Gasteiger partial charge is 0.393 e. The van der Waals surface area contributed by atoms with Gasteiger partial charge < -0.3 is 21.7 Å². The lowest BCUT2D eigenvalue weighted by Crippen LogP contribution is -2.60. The number of unbranched alkanes of at least 4 members (excludes halogenated alkanes) is 1. The minimum atomic E-state index is 0.0867. The number of aromatic nitrogens is 2. The molecular formula is C17H32N6. The van der Waals surface area contributed by atoms with E-state index < -0.39 is 0 Å². The van der Waals surface area contributed by atoms with E-state index in [-0.39, 0.29) is 11.1 Å². The van der Waals surface area contributed by atoms with Crippen molar-refractivity contribution in [3.8, 4) is 0 Å². The molecule has 0 radical (unpaired) electrons. The van der Waals surface area contributed by atoms with E-state index in [0.717, 1.165) is 43.9 Å². The molecule has 5 N–H and O–H groups in total. The molecule has 0 aliphatic carbocycles. The van der Waals surface area contributed by atoms with Gasteiger partial charge in [-0.25, -0.2) is 9.97 Å². The topological polar surface area (TPSA) is 87.9 Å². The SMILES string of the molecule is CCCCNc1ncnc(NC2CC(C)(C)NC(C)(C)C2)c1N. The summed E-state index contributed by atoms with van der Waals surface area (Å²) in [6, 6.07) is 0.335. The molecule has 1 aromatic heterocycles. The molecule has 0 saturated carbocycles. The van der Waals surface area contributed by atoms with Gasteiger partial charge in [0.05, 0.1) is 0 Å². The van der Waals surface area contributed by atoms with Crippen LogP contribution >= 0.6 is 0 Å². The molecule has 2 heterocycles. The molecule has 0 bridgehead atoms. The Hall–Kier alpha value is -1.56. The van der Waals surface area contributed by atoms with E-state index in [2.05, 4.69) is 60.5 Å². The summed E-state index contributed by atoms with van der Waals surface area (Å²) in [4.78, 5) is 8.61. The highest BCUT2D eigenvalue weighted by molar-refractivity contribution is 5.74. The number of hydrogen-bond donors (Lipinski definition) is 4. The van der Waals surface area contributed by atoms with Crippen LogP contribution < -0.4 is 21.7 Å². The van der Waals surface area contributed by atoms with Gasteiger partial charge in [0, 0.05) is 23.7 Å². The Kier molecular flexibility index (Phi) is 5.34. The van der Waals surface area contributed by atoms with Crippen LogP contribution in [0.15, 0.2) is 6.33 Å². The number of anilines is 3. The second kappa shape index (κ2) is 6.91. The highest BCUT2D eigenvalue weighted by Gasteiger charge is 2.37. The van der Waals surface area contributed by atoms with E-state index in [4.69, 9.17) is 5.73 Å². The van der Waals surface area contributed by atoms with E-state index in [9.17, 15) is 0 Å². The zero-order valence-corrected chi connectivity index (χ0v) is 15.2. The fraction of sp³-hybridized carbons (Fsp3) is 0.765. The number of nitrogens with one attached hydrogen (secondary N) is 3. The lowest BCUT2D eigenvalue weighted by molar-refractivity contribution is 0.170. The molecule has 1 saturated heterocycles. The van der Waals surface area contributed by atoms with Gasteiger partial charge in [0.2, 0.25) is 0 Å². The van der Waals surface area contributed by atoms with Crippen LogP contribution in [0.2, 0.25) is 0 Å². The first kappa shape index (κ1) is 17.8. The number of hydrogen-bond acceptors (Lipinski definition) is 6. The predicted molar refractivity (Wildman–Crippen MR) is 97.8 cm³/mol. The standard InChI is InChI=1S/C17H32N6/c1-6-7-8-19-14-13(18)15(21-11-20-14)22-12-9-16(2,3)23-17(4,5)10-12/h11-12,23H,6-10,18H2,1-5H3,(H2,19,20,21,22). The quantitative estimate of drug-likeness (QED) is 0.603. The fourth-order valence-electron chi connectivity index (χ4n) is 3.65. The molecule has 1 fully saturated rings. The van der Waals surface area contributed by atoms with Crippen molar-refractivity contribution in [2.24, 2.45) is 0 Å². The smallest absolute Gasteiger partial charge is 0.155 e. The van der Waals surface area contributed by atoms with Crippen molar-refractivity contribution in [2.75, 3.05) is 22.9 Å². The monoisotopic (exact) mass is 320 g/mol. The Bertz CT molecular complexity index is 510. The first-order chi connectivity index (χ1) is 10.7. The molecule has 2 rings (SSSR count). The predicted octanol–water partition coefficient (Wildman–Crippen LogP) is 2.99. The van der Waals surface area contributed by atoms with Crippen LogP contribution in [0.1, 0.15) is 60.3 Å². The van der Waals surface area contributed by atoms with E-state index in [1.807, 2.05) is 0 Å². The van der Waals surface area contributed by atoms with Gasteiger partial charge in [0.15, 0.2) is 11.6 Å². The summed E-state index contributed by atoms with van der Waals surface area (Å²) >= 11 is 0. The zero-order valence-electron chi connectivity index (χ0n) is 15.2. The summed E-state index contributed by atoms with van der Waals surface area (Å²) < 4.78 is 0. The molecule has 0 unspecified atom stereocenters. The molecule has 0 aromatic carbocycles. The molecule has 1 aromatic rings. The van der Waals surface area contributed by atoms with Gasteiger partial charge in [0.1, 0.15) is 12.0 Å².